The first-order valence-electron chi connectivity index (χ1n) is 9.99. The fourth-order valence-electron chi connectivity index (χ4n) is 3.78. The number of carbonyl (C=O) groups excluding carboxylic acids is 3. The highest BCUT2D eigenvalue weighted by atomic mass is 16.5. The van der Waals surface area contributed by atoms with Gasteiger partial charge in [-0.15, -0.1) is 0 Å². The standard InChI is InChI=1S/C23H22N2O6/c1-3-29-21(26)19-13(2)24-23(28)25-16(19)12-30-22(27)20-14-8-4-6-10-17(14)31-18-11-7-5-9-15(18)20/h4-11,13,20H,3,12H2,1-2H3,(H2,24,25,28)/t13-/m0/s1. The molecule has 0 aliphatic carbocycles. The summed E-state index contributed by atoms with van der Waals surface area (Å²) in [4.78, 5) is 37.5. The Bertz CT molecular complexity index is 1030. The van der Waals surface area contributed by atoms with Gasteiger partial charge in [0.25, 0.3) is 0 Å². The fraction of sp³-hybridized carbons (Fsp3) is 0.261. The van der Waals surface area contributed by atoms with Crippen LogP contribution in [0.5, 0.6) is 11.5 Å². The number of rotatable bonds is 5. The highest BCUT2D eigenvalue weighted by molar-refractivity contribution is 5.95. The SMILES string of the molecule is CCOC(=O)C1=C(COC(=O)C2c3ccccc3Oc3ccccc32)NC(=O)N[C@H]1C. The lowest BCUT2D eigenvalue weighted by atomic mass is 9.88. The predicted octanol–water partition coefficient (Wildman–Crippen LogP) is 2.99. The van der Waals surface area contributed by atoms with E-state index in [1.54, 1.807) is 26.0 Å². The van der Waals surface area contributed by atoms with Crippen LogP contribution in [0.4, 0.5) is 4.79 Å². The molecule has 2 aliphatic rings. The second-order valence-electron chi connectivity index (χ2n) is 7.15. The Labute approximate surface area is 179 Å². The van der Waals surface area contributed by atoms with Gasteiger partial charge in [-0.25, -0.2) is 9.59 Å². The van der Waals surface area contributed by atoms with Gasteiger partial charge in [-0.05, 0) is 26.0 Å². The lowest BCUT2D eigenvalue weighted by Gasteiger charge is -2.28. The van der Waals surface area contributed by atoms with Gasteiger partial charge < -0.3 is 24.8 Å². The fourth-order valence-corrected chi connectivity index (χ4v) is 3.78. The molecule has 2 aliphatic heterocycles. The second-order valence-corrected chi connectivity index (χ2v) is 7.15. The molecule has 0 saturated carbocycles. The summed E-state index contributed by atoms with van der Waals surface area (Å²) in [6.45, 7) is 3.27. The average molecular weight is 422 g/mol. The van der Waals surface area contributed by atoms with Crippen LogP contribution in [0.15, 0.2) is 59.8 Å². The number of urea groups is 1. The van der Waals surface area contributed by atoms with Crippen LogP contribution in [0, 0.1) is 0 Å². The summed E-state index contributed by atoms with van der Waals surface area (Å²) in [6, 6.07) is 13.5. The molecule has 8 nitrogen and oxygen atoms in total. The molecule has 0 radical (unpaired) electrons. The smallest absolute Gasteiger partial charge is 0.338 e. The summed E-state index contributed by atoms with van der Waals surface area (Å²) in [5.74, 6) is -0.617. The van der Waals surface area contributed by atoms with Gasteiger partial charge in [-0.2, -0.15) is 0 Å². The van der Waals surface area contributed by atoms with Crippen molar-refractivity contribution in [1.29, 1.82) is 0 Å². The Morgan fingerprint density at radius 2 is 1.61 bits per heavy atom. The van der Waals surface area contributed by atoms with Gasteiger partial charge in [0, 0.05) is 11.1 Å². The topological polar surface area (TPSA) is 103 Å². The molecule has 0 saturated heterocycles. The predicted molar refractivity (Wildman–Crippen MR) is 111 cm³/mol. The van der Waals surface area contributed by atoms with Crippen molar-refractivity contribution >= 4 is 18.0 Å². The van der Waals surface area contributed by atoms with E-state index < -0.39 is 29.9 Å². The number of amides is 2. The lowest BCUT2D eigenvalue weighted by molar-refractivity contribution is -0.144. The van der Waals surface area contributed by atoms with Crippen molar-refractivity contribution in [3.63, 3.8) is 0 Å². The molecule has 4 rings (SSSR count). The summed E-state index contributed by atoms with van der Waals surface area (Å²) in [5.41, 5.74) is 1.81. The van der Waals surface area contributed by atoms with Crippen LogP contribution in [0.25, 0.3) is 0 Å². The maximum atomic E-state index is 13.2. The Hall–Kier alpha value is -3.81. The number of para-hydroxylation sites is 2. The van der Waals surface area contributed by atoms with Crippen molar-refractivity contribution in [3.8, 4) is 11.5 Å². The number of benzene rings is 2. The van der Waals surface area contributed by atoms with Crippen LogP contribution in [0.1, 0.15) is 30.9 Å². The minimum atomic E-state index is -0.692. The van der Waals surface area contributed by atoms with Crippen LogP contribution in [0.3, 0.4) is 0 Å². The molecule has 2 aromatic carbocycles. The van der Waals surface area contributed by atoms with Crippen molar-refractivity contribution in [2.24, 2.45) is 0 Å². The maximum Gasteiger partial charge on any atom is 0.338 e. The summed E-state index contributed by atoms with van der Waals surface area (Å²) < 4.78 is 16.6. The molecular formula is C23H22N2O6. The number of nitrogens with one attached hydrogen (secondary N) is 2. The van der Waals surface area contributed by atoms with Crippen molar-refractivity contribution in [1.82, 2.24) is 10.6 Å². The van der Waals surface area contributed by atoms with Gasteiger partial charge in [0.2, 0.25) is 0 Å². The molecule has 0 bridgehead atoms. The average Bonchev–Trinajstić information content (AvgIpc) is 2.75. The number of ether oxygens (including phenoxy) is 3. The summed E-state index contributed by atoms with van der Waals surface area (Å²) >= 11 is 0. The van der Waals surface area contributed by atoms with E-state index in [-0.39, 0.29) is 24.5 Å². The summed E-state index contributed by atoms with van der Waals surface area (Å²) in [6.07, 6.45) is 0. The molecule has 0 spiro atoms. The maximum absolute atomic E-state index is 13.2. The van der Waals surface area contributed by atoms with Crippen molar-refractivity contribution in [2.45, 2.75) is 25.8 Å². The number of carbonyl (C=O) groups is 3. The molecule has 2 aromatic rings. The molecular weight excluding hydrogens is 400 g/mol. The van der Waals surface area contributed by atoms with Crippen LogP contribution in [0.2, 0.25) is 0 Å². The van der Waals surface area contributed by atoms with Gasteiger partial charge >= 0.3 is 18.0 Å². The molecule has 160 valence electrons. The first-order chi connectivity index (χ1) is 15.0. The molecule has 8 heteroatoms. The molecule has 1 atom stereocenters. The number of hydrogen-bond donors (Lipinski definition) is 2. The van der Waals surface area contributed by atoms with Crippen LogP contribution >= 0.6 is 0 Å². The van der Waals surface area contributed by atoms with Crippen molar-refractivity contribution in [3.05, 3.63) is 70.9 Å². The quantitative estimate of drug-likeness (QED) is 0.718. The van der Waals surface area contributed by atoms with E-state index in [0.29, 0.717) is 22.6 Å². The van der Waals surface area contributed by atoms with Gasteiger partial charge in [-0.3, -0.25) is 4.79 Å². The summed E-state index contributed by atoms with van der Waals surface area (Å²) in [5, 5.41) is 5.17. The molecule has 2 N–H and O–H groups in total. The molecule has 2 amide bonds. The number of hydrogen-bond acceptors (Lipinski definition) is 6. The summed E-state index contributed by atoms with van der Waals surface area (Å²) in [7, 11) is 0. The Balaban J connectivity index is 1.62. The second kappa shape index (κ2) is 8.51. The van der Waals surface area contributed by atoms with Crippen molar-refractivity contribution in [2.75, 3.05) is 13.2 Å². The number of esters is 2. The Morgan fingerprint density at radius 3 is 2.23 bits per heavy atom. The van der Waals surface area contributed by atoms with Crippen LogP contribution in [-0.2, 0) is 19.1 Å². The highest BCUT2D eigenvalue weighted by Gasteiger charge is 2.35. The molecule has 31 heavy (non-hydrogen) atoms. The largest absolute Gasteiger partial charge is 0.463 e. The van der Waals surface area contributed by atoms with E-state index in [9.17, 15) is 14.4 Å². The van der Waals surface area contributed by atoms with E-state index in [1.807, 2.05) is 36.4 Å². The zero-order valence-corrected chi connectivity index (χ0v) is 17.1. The number of fused-ring (bicyclic) bond motifs is 2. The monoisotopic (exact) mass is 422 g/mol. The first-order valence-corrected chi connectivity index (χ1v) is 9.99. The molecule has 0 aromatic heterocycles. The van der Waals surface area contributed by atoms with E-state index in [0.717, 1.165) is 0 Å². The van der Waals surface area contributed by atoms with Gasteiger partial charge in [-0.1, -0.05) is 36.4 Å². The Morgan fingerprint density at radius 1 is 1.00 bits per heavy atom. The molecule has 0 unspecified atom stereocenters. The van der Waals surface area contributed by atoms with Gasteiger partial charge in [0.1, 0.15) is 24.0 Å². The molecule has 2 heterocycles. The Kier molecular flexibility index (Phi) is 5.62. The molecule has 0 fully saturated rings. The zero-order chi connectivity index (χ0) is 22.0. The first kappa shape index (κ1) is 20.5. The van der Waals surface area contributed by atoms with E-state index in [2.05, 4.69) is 10.6 Å². The third-order valence-electron chi connectivity index (χ3n) is 5.14. The van der Waals surface area contributed by atoms with Crippen LogP contribution in [-0.4, -0.2) is 37.2 Å². The van der Waals surface area contributed by atoms with Crippen LogP contribution < -0.4 is 15.4 Å². The van der Waals surface area contributed by atoms with Crippen molar-refractivity contribution < 1.29 is 28.6 Å². The zero-order valence-electron chi connectivity index (χ0n) is 17.1. The van der Waals surface area contributed by atoms with E-state index in [4.69, 9.17) is 14.2 Å². The third kappa shape index (κ3) is 3.96. The third-order valence-corrected chi connectivity index (χ3v) is 5.14. The minimum absolute atomic E-state index is 0.186. The normalized spacial score (nSPS) is 17.5. The van der Waals surface area contributed by atoms with Gasteiger partial charge in [0.05, 0.1) is 23.9 Å². The van der Waals surface area contributed by atoms with Gasteiger partial charge in [0.15, 0.2) is 0 Å². The van der Waals surface area contributed by atoms with E-state index >= 15 is 0 Å². The lowest BCUT2D eigenvalue weighted by Crippen LogP contribution is -2.50. The highest BCUT2D eigenvalue weighted by Crippen LogP contribution is 2.44. The van der Waals surface area contributed by atoms with E-state index in [1.165, 1.54) is 0 Å². The minimum Gasteiger partial charge on any atom is -0.463 e.